The zero-order chi connectivity index (χ0) is 23.0. The molecule has 0 unspecified atom stereocenters. The molecule has 3 aromatic carbocycles. The summed E-state index contributed by atoms with van der Waals surface area (Å²) in [6.07, 6.45) is 3.36. The third-order valence-corrected chi connectivity index (χ3v) is 4.95. The molecular weight excluding hydrogens is 418 g/mol. The maximum Gasteiger partial charge on any atom is 0.321 e. The molecule has 7 nitrogen and oxygen atoms in total. The van der Waals surface area contributed by atoms with E-state index in [9.17, 15) is 4.79 Å². The van der Waals surface area contributed by atoms with Crippen LogP contribution in [-0.2, 0) is 6.54 Å². The molecule has 0 atom stereocenters. The van der Waals surface area contributed by atoms with Crippen LogP contribution in [0.25, 0.3) is 11.1 Å². The van der Waals surface area contributed by atoms with Crippen molar-refractivity contribution in [3.63, 3.8) is 0 Å². The number of carbonyl (C=O) groups is 1. The molecule has 1 heterocycles. The molecule has 33 heavy (non-hydrogen) atoms. The summed E-state index contributed by atoms with van der Waals surface area (Å²) in [5, 5.41) is 2.92. The van der Waals surface area contributed by atoms with E-state index in [4.69, 9.17) is 14.2 Å². The molecule has 4 aromatic rings. The fraction of sp³-hybridized carbons (Fsp3) is 0.115. The van der Waals surface area contributed by atoms with Crippen molar-refractivity contribution in [3.05, 3.63) is 96.3 Å². The molecule has 0 saturated heterocycles. The molecule has 0 bridgehead atoms. The number of carbonyl (C=O) groups excluding carboxylic acids is 1. The Morgan fingerprint density at radius 2 is 1.42 bits per heavy atom. The minimum Gasteiger partial charge on any atom is -0.497 e. The second-order valence-electron chi connectivity index (χ2n) is 7.15. The lowest BCUT2D eigenvalue weighted by Crippen LogP contribution is -2.22. The minimum atomic E-state index is -0.150. The molecule has 1 N–H and O–H groups in total. The Kier molecular flexibility index (Phi) is 6.80. The lowest BCUT2D eigenvalue weighted by atomic mass is 10.1. The van der Waals surface area contributed by atoms with E-state index in [1.165, 1.54) is 0 Å². The van der Waals surface area contributed by atoms with Crippen LogP contribution in [0.2, 0.25) is 0 Å². The summed E-state index contributed by atoms with van der Waals surface area (Å²) in [5.41, 5.74) is 3.25. The van der Waals surface area contributed by atoms with Crippen LogP contribution in [0, 0.1) is 0 Å². The van der Waals surface area contributed by atoms with Gasteiger partial charge in [-0.2, -0.15) is 0 Å². The van der Waals surface area contributed by atoms with Crippen molar-refractivity contribution >= 4 is 5.91 Å². The van der Waals surface area contributed by atoms with Gasteiger partial charge in [0, 0.05) is 36.1 Å². The number of hydrogen-bond acceptors (Lipinski definition) is 6. The molecule has 166 valence electrons. The number of rotatable bonds is 8. The van der Waals surface area contributed by atoms with Gasteiger partial charge in [-0.25, -0.2) is 9.97 Å². The van der Waals surface area contributed by atoms with Crippen LogP contribution in [0.4, 0.5) is 0 Å². The number of hydrogen-bond donors (Lipinski definition) is 1. The largest absolute Gasteiger partial charge is 0.497 e. The maximum atomic E-state index is 12.5. The van der Waals surface area contributed by atoms with Crippen LogP contribution in [0.15, 0.2) is 85.2 Å². The predicted molar refractivity (Wildman–Crippen MR) is 125 cm³/mol. The van der Waals surface area contributed by atoms with E-state index >= 15 is 0 Å². The highest BCUT2D eigenvalue weighted by Crippen LogP contribution is 2.24. The van der Waals surface area contributed by atoms with Gasteiger partial charge in [-0.05, 0) is 47.5 Å². The zero-order valence-corrected chi connectivity index (χ0v) is 18.3. The van der Waals surface area contributed by atoms with Gasteiger partial charge in [0.05, 0.1) is 14.2 Å². The molecule has 0 aliphatic carbocycles. The Labute approximate surface area is 192 Å². The Balaban J connectivity index is 1.37. The van der Waals surface area contributed by atoms with Crippen LogP contribution in [0.3, 0.4) is 0 Å². The molecule has 4 rings (SSSR count). The lowest BCUT2D eigenvalue weighted by molar-refractivity contribution is 0.0951. The molecule has 0 saturated carbocycles. The summed E-state index contributed by atoms with van der Waals surface area (Å²) in [5.74, 6) is 1.89. The molecule has 7 heteroatoms. The summed E-state index contributed by atoms with van der Waals surface area (Å²) in [6.45, 7) is 0.417. The second-order valence-corrected chi connectivity index (χ2v) is 7.15. The summed E-state index contributed by atoms with van der Waals surface area (Å²) in [6, 6.07) is 22.3. The highest BCUT2D eigenvalue weighted by Gasteiger charge is 2.08. The van der Waals surface area contributed by atoms with E-state index in [1.807, 2.05) is 48.5 Å². The maximum absolute atomic E-state index is 12.5. The highest BCUT2D eigenvalue weighted by molar-refractivity contribution is 5.94. The van der Waals surface area contributed by atoms with Crippen LogP contribution in [-0.4, -0.2) is 30.1 Å². The molecule has 0 spiro atoms. The first-order valence-corrected chi connectivity index (χ1v) is 10.3. The minimum absolute atomic E-state index is 0.150. The van der Waals surface area contributed by atoms with Crippen molar-refractivity contribution in [2.45, 2.75) is 6.54 Å². The van der Waals surface area contributed by atoms with Crippen molar-refractivity contribution in [1.29, 1.82) is 0 Å². The third kappa shape index (κ3) is 5.65. The number of benzene rings is 3. The topological polar surface area (TPSA) is 82.6 Å². The van der Waals surface area contributed by atoms with Gasteiger partial charge in [-0.1, -0.05) is 30.3 Å². The number of ether oxygens (including phenoxy) is 3. The van der Waals surface area contributed by atoms with E-state index in [0.29, 0.717) is 23.6 Å². The number of aromatic nitrogens is 2. The second kappa shape index (κ2) is 10.3. The van der Waals surface area contributed by atoms with Gasteiger partial charge in [0.15, 0.2) is 0 Å². The number of nitrogens with one attached hydrogen (secondary N) is 1. The van der Waals surface area contributed by atoms with Crippen LogP contribution in [0.1, 0.15) is 15.9 Å². The van der Waals surface area contributed by atoms with Gasteiger partial charge >= 0.3 is 6.01 Å². The molecular formula is C26H23N3O4. The zero-order valence-electron chi connectivity index (χ0n) is 18.3. The van der Waals surface area contributed by atoms with Crippen molar-refractivity contribution in [3.8, 4) is 34.4 Å². The fourth-order valence-electron chi connectivity index (χ4n) is 3.17. The van der Waals surface area contributed by atoms with Gasteiger partial charge in [-0.15, -0.1) is 0 Å². The van der Waals surface area contributed by atoms with Crippen LogP contribution < -0.4 is 19.5 Å². The molecule has 0 radical (unpaired) electrons. The summed E-state index contributed by atoms with van der Waals surface area (Å²) < 4.78 is 16.1. The smallest absolute Gasteiger partial charge is 0.321 e. The van der Waals surface area contributed by atoms with E-state index < -0.39 is 0 Å². The van der Waals surface area contributed by atoms with E-state index in [1.54, 1.807) is 50.9 Å². The van der Waals surface area contributed by atoms with Gasteiger partial charge in [0.2, 0.25) is 0 Å². The Hall–Kier alpha value is -4.39. The van der Waals surface area contributed by atoms with Crippen molar-refractivity contribution in [2.75, 3.05) is 14.2 Å². The number of methoxy groups -OCH3 is 2. The number of nitrogens with zero attached hydrogens (tertiary/aromatic N) is 2. The van der Waals surface area contributed by atoms with E-state index in [2.05, 4.69) is 15.3 Å². The lowest BCUT2D eigenvalue weighted by Gasteiger charge is -2.08. The van der Waals surface area contributed by atoms with Crippen LogP contribution >= 0.6 is 0 Å². The third-order valence-electron chi connectivity index (χ3n) is 4.95. The summed E-state index contributed by atoms with van der Waals surface area (Å²) >= 11 is 0. The van der Waals surface area contributed by atoms with Gasteiger partial charge < -0.3 is 19.5 Å². The van der Waals surface area contributed by atoms with Crippen molar-refractivity contribution in [2.24, 2.45) is 0 Å². The van der Waals surface area contributed by atoms with Crippen molar-refractivity contribution in [1.82, 2.24) is 15.3 Å². The van der Waals surface area contributed by atoms with Crippen LogP contribution in [0.5, 0.6) is 23.3 Å². The Morgan fingerprint density at radius 3 is 2.12 bits per heavy atom. The first-order chi connectivity index (χ1) is 16.1. The van der Waals surface area contributed by atoms with Gasteiger partial charge in [-0.3, -0.25) is 4.79 Å². The van der Waals surface area contributed by atoms with Gasteiger partial charge in [0.25, 0.3) is 5.91 Å². The molecule has 0 aliphatic rings. The first kappa shape index (κ1) is 21.8. The van der Waals surface area contributed by atoms with Gasteiger partial charge in [0.1, 0.15) is 17.2 Å². The standard InChI is InChI=1S/C26H23N3O4/c1-31-22-6-3-5-18(13-22)15-27-25(30)20-11-9-19(10-12-20)21-16-28-26(29-17-21)33-24-8-4-7-23(14-24)32-2/h3-14,16-17H,15H2,1-2H3,(H,27,30). The monoisotopic (exact) mass is 441 g/mol. The quantitative estimate of drug-likeness (QED) is 0.420. The normalized spacial score (nSPS) is 10.4. The highest BCUT2D eigenvalue weighted by atomic mass is 16.5. The molecule has 0 fully saturated rings. The Bertz CT molecular complexity index is 1230. The average molecular weight is 441 g/mol. The predicted octanol–water partition coefficient (Wildman–Crippen LogP) is 4.88. The SMILES string of the molecule is COc1cccc(CNC(=O)c2ccc(-c3cnc(Oc4cccc(OC)c4)nc3)cc2)c1. The van der Waals surface area contributed by atoms with Crippen molar-refractivity contribution < 1.29 is 19.0 Å². The fourth-order valence-corrected chi connectivity index (χ4v) is 3.17. The summed E-state index contributed by atoms with van der Waals surface area (Å²) in [7, 11) is 3.21. The van der Waals surface area contributed by atoms with E-state index in [-0.39, 0.29) is 11.9 Å². The molecule has 1 aromatic heterocycles. The first-order valence-electron chi connectivity index (χ1n) is 10.3. The van der Waals surface area contributed by atoms with E-state index in [0.717, 1.165) is 22.4 Å². The molecule has 1 amide bonds. The summed E-state index contributed by atoms with van der Waals surface area (Å²) in [4.78, 5) is 21.0. The Morgan fingerprint density at radius 1 is 0.788 bits per heavy atom. The molecule has 0 aliphatic heterocycles. The average Bonchev–Trinajstić information content (AvgIpc) is 2.88. The number of amides is 1.